The topological polar surface area (TPSA) is 80.2 Å². The van der Waals surface area contributed by atoms with Crippen molar-refractivity contribution in [3.8, 4) is 22.9 Å². The standard InChI is InChI=1S/C16H17N5O2/c1-11-13(19-22-14(11)12-5-3-2-4-6-12)15-18-16(20-23-15)21-9-7-17-8-10-21/h2-6,17H,7-10H2,1H3. The summed E-state index contributed by atoms with van der Waals surface area (Å²) in [6.45, 7) is 5.52. The van der Waals surface area contributed by atoms with E-state index in [-0.39, 0.29) is 0 Å². The molecule has 1 aromatic carbocycles. The molecular formula is C16H17N5O2. The summed E-state index contributed by atoms with van der Waals surface area (Å²) in [7, 11) is 0. The molecule has 0 radical (unpaired) electrons. The minimum atomic E-state index is 0.391. The van der Waals surface area contributed by atoms with Gasteiger partial charge in [0.2, 0.25) is 0 Å². The highest BCUT2D eigenvalue weighted by molar-refractivity contribution is 5.68. The number of hydrogen-bond donors (Lipinski definition) is 1. The second-order valence-electron chi connectivity index (χ2n) is 5.49. The molecule has 7 nitrogen and oxygen atoms in total. The fourth-order valence-corrected chi connectivity index (χ4v) is 2.70. The fourth-order valence-electron chi connectivity index (χ4n) is 2.70. The van der Waals surface area contributed by atoms with Crippen LogP contribution in [-0.2, 0) is 0 Å². The smallest absolute Gasteiger partial charge is 0.282 e. The first-order valence-electron chi connectivity index (χ1n) is 7.64. The van der Waals surface area contributed by atoms with Crippen LogP contribution in [0.3, 0.4) is 0 Å². The van der Waals surface area contributed by atoms with E-state index in [1.807, 2.05) is 37.3 Å². The van der Waals surface area contributed by atoms with E-state index in [9.17, 15) is 0 Å². The van der Waals surface area contributed by atoms with Gasteiger partial charge in [-0.05, 0) is 12.1 Å². The molecular weight excluding hydrogens is 294 g/mol. The van der Waals surface area contributed by atoms with Gasteiger partial charge < -0.3 is 19.3 Å². The molecule has 1 aliphatic rings. The number of nitrogens with zero attached hydrogens (tertiary/aromatic N) is 4. The zero-order valence-corrected chi connectivity index (χ0v) is 12.8. The number of nitrogens with one attached hydrogen (secondary N) is 1. The first-order valence-corrected chi connectivity index (χ1v) is 7.64. The minimum Gasteiger partial charge on any atom is -0.355 e. The molecule has 3 aromatic rings. The Morgan fingerprint density at radius 3 is 2.61 bits per heavy atom. The van der Waals surface area contributed by atoms with Crippen LogP contribution in [0.5, 0.6) is 0 Å². The largest absolute Gasteiger partial charge is 0.355 e. The molecule has 118 valence electrons. The molecule has 1 fully saturated rings. The highest BCUT2D eigenvalue weighted by Crippen LogP contribution is 2.31. The van der Waals surface area contributed by atoms with Gasteiger partial charge in [-0.15, -0.1) is 0 Å². The molecule has 1 N–H and O–H groups in total. The van der Waals surface area contributed by atoms with E-state index in [1.165, 1.54) is 0 Å². The van der Waals surface area contributed by atoms with Crippen LogP contribution in [0.25, 0.3) is 22.9 Å². The first kappa shape index (κ1) is 14.0. The lowest BCUT2D eigenvalue weighted by molar-refractivity contribution is 0.409. The van der Waals surface area contributed by atoms with Crippen molar-refractivity contribution in [1.29, 1.82) is 0 Å². The lowest BCUT2D eigenvalue weighted by Gasteiger charge is -2.25. The molecule has 2 aromatic heterocycles. The van der Waals surface area contributed by atoms with E-state index in [2.05, 4.69) is 25.5 Å². The minimum absolute atomic E-state index is 0.391. The number of piperazine rings is 1. The lowest BCUT2D eigenvalue weighted by atomic mass is 10.1. The average molecular weight is 311 g/mol. The Labute approximate surface area is 133 Å². The van der Waals surface area contributed by atoms with Gasteiger partial charge in [-0.1, -0.05) is 35.5 Å². The molecule has 0 atom stereocenters. The normalized spacial score (nSPS) is 15.1. The molecule has 0 unspecified atom stereocenters. The Hall–Kier alpha value is -2.67. The zero-order valence-electron chi connectivity index (χ0n) is 12.8. The van der Waals surface area contributed by atoms with Gasteiger partial charge in [0.25, 0.3) is 11.8 Å². The summed E-state index contributed by atoms with van der Waals surface area (Å²) in [4.78, 5) is 6.56. The lowest BCUT2D eigenvalue weighted by Crippen LogP contribution is -2.44. The van der Waals surface area contributed by atoms with E-state index in [4.69, 9.17) is 9.05 Å². The Morgan fingerprint density at radius 1 is 1.04 bits per heavy atom. The molecule has 0 aliphatic carbocycles. The molecule has 0 amide bonds. The van der Waals surface area contributed by atoms with Crippen molar-refractivity contribution >= 4 is 5.95 Å². The van der Waals surface area contributed by atoms with E-state index >= 15 is 0 Å². The predicted octanol–water partition coefficient (Wildman–Crippen LogP) is 2.11. The third-order valence-corrected chi connectivity index (χ3v) is 3.98. The summed E-state index contributed by atoms with van der Waals surface area (Å²) >= 11 is 0. The van der Waals surface area contributed by atoms with Crippen molar-refractivity contribution in [2.24, 2.45) is 0 Å². The van der Waals surface area contributed by atoms with E-state index in [1.54, 1.807) is 0 Å². The SMILES string of the molecule is Cc1c(-c2nc(N3CCNCC3)no2)noc1-c1ccccc1. The molecule has 0 spiro atoms. The van der Waals surface area contributed by atoms with Crippen molar-refractivity contribution in [1.82, 2.24) is 20.6 Å². The van der Waals surface area contributed by atoms with Gasteiger partial charge >= 0.3 is 0 Å². The first-order chi connectivity index (χ1) is 11.3. The maximum absolute atomic E-state index is 5.49. The molecule has 3 heterocycles. The van der Waals surface area contributed by atoms with Gasteiger partial charge in [-0.25, -0.2) is 0 Å². The van der Waals surface area contributed by atoms with E-state index < -0.39 is 0 Å². The van der Waals surface area contributed by atoms with Gasteiger partial charge in [-0.2, -0.15) is 4.98 Å². The van der Waals surface area contributed by atoms with E-state index in [0.717, 1.165) is 43.1 Å². The number of hydrogen-bond acceptors (Lipinski definition) is 7. The number of anilines is 1. The quantitative estimate of drug-likeness (QED) is 0.793. The van der Waals surface area contributed by atoms with Crippen LogP contribution in [0.4, 0.5) is 5.95 Å². The van der Waals surface area contributed by atoms with Gasteiger partial charge in [0, 0.05) is 37.3 Å². The van der Waals surface area contributed by atoms with E-state index in [0.29, 0.717) is 17.5 Å². The van der Waals surface area contributed by atoms with Crippen LogP contribution >= 0.6 is 0 Å². The number of rotatable bonds is 3. The van der Waals surface area contributed by atoms with Crippen LogP contribution in [0.15, 0.2) is 39.4 Å². The van der Waals surface area contributed by atoms with Crippen LogP contribution in [0.1, 0.15) is 5.56 Å². The van der Waals surface area contributed by atoms with Crippen molar-refractivity contribution in [3.63, 3.8) is 0 Å². The van der Waals surface area contributed by atoms with Gasteiger partial charge in [0.15, 0.2) is 11.5 Å². The summed E-state index contributed by atoms with van der Waals surface area (Å²) in [5, 5.41) is 11.5. The Bertz CT molecular complexity index is 790. The molecule has 1 aliphatic heterocycles. The van der Waals surface area contributed by atoms with Crippen LogP contribution in [0, 0.1) is 6.92 Å². The predicted molar refractivity (Wildman–Crippen MR) is 85.1 cm³/mol. The highest BCUT2D eigenvalue weighted by atomic mass is 16.5. The maximum Gasteiger partial charge on any atom is 0.282 e. The number of aromatic nitrogens is 3. The van der Waals surface area contributed by atoms with Crippen molar-refractivity contribution in [2.45, 2.75) is 6.92 Å². The molecule has 7 heteroatoms. The summed E-state index contributed by atoms with van der Waals surface area (Å²) < 4.78 is 10.9. The third kappa shape index (κ3) is 2.59. The van der Waals surface area contributed by atoms with Gasteiger partial charge in [0.05, 0.1) is 0 Å². The molecule has 0 saturated carbocycles. The zero-order chi connectivity index (χ0) is 15.6. The fraction of sp³-hybridized carbons (Fsp3) is 0.312. The molecule has 0 bridgehead atoms. The van der Waals surface area contributed by atoms with Crippen LogP contribution in [-0.4, -0.2) is 41.5 Å². The summed E-state index contributed by atoms with van der Waals surface area (Å²) in [5.41, 5.74) is 2.47. The Balaban J connectivity index is 1.64. The van der Waals surface area contributed by atoms with Crippen molar-refractivity contribution < 1.29 is 9.05 Å². The molecule has 1 saturated heterocycles. The van der Waals surface area contributed by atoms with Gasteiger partial charge in [-0.3, -0.25) is 0 Å². The van der Waals surface area contributed by atoms with Crippen LogP contribution in [0.2, 0.25) is 0 Å². The van der Waals surface area contributed by atoms with Crippen LogP contribution < -0.4 is 10.2 Å². The Morgan fingerprint density at radius 2 is 1.83 bits per heavy atom. The maximum atomic E-state index is 5.49. The Kier molecular flexibility index (Phi) is 3.55. The molecule has 4 rings (SSSR count). The van der Waals surface area contributed by atoms with Crippen molar-refractivity contribution in [3.05, 3.63) is 35.9 Å². The third-order valence-electron chi connectivity index (χ3n) is 3.98. The second-order valence-corrected chi connectivity index (χ2v) is 5.49. The van der Waals surface area contributed by atoms with Crippen molar-refractivity contribution in [2.75, 3.05) is 31.1 Å². The molecule has 23 heavy (non-hydrogen) atoms. The van der Waals surface area contributed by atoms with Gasteiger partial charge in [0.1, 0.15) is 0 Å². The monoisotopic (exact) mass is 311 g/mol. The summed E-state index contributed by atoms with van der Waals surface area (Å²) in [5.74, 6) is 1.72. The second kappa shape index (κ2) is 5.85. The summed E-state index contributed by atoms with van der Waals surface area (Å²) in [6, 6.07) is 9.86. The number of benzene rings is 1. The highest BCUT2D eigenvalue weighted by Gasteiger charge is 2.22. The average Bonchev–Trinajstić information content (AvgIpc) is 3.23. The summed E-state index contributed by atoms with van der Waals surface area (Å²) in [6.07, 6.45) is 0.